The van der Waals surface area contributed by atoms with E-state index in [0.717, 1.165) is 6.54 Å². The van der Waals surface area contributed by atoms with Gasteiger partial charge in [0.05, 0.1) is 0 Å². The summed E-state index contributed by atoms with van der Waals surface area (Å²) in [7, 11) is 1.67. The van der Waals surface area contributed by atoms with Gasteiger partial charge in [0.1, 0.15) is 0 Å². The summed E-state index contributed by atoms with van der Waals surface area (Å²) in [6, 6.07) is 2.14. The molecule has 0 amide bonds. The van der Waals surface area contributed by atoms with E-state index in [0.29, 0.717) is 5.96 Å². The number of nitrogens with zero attached hydrogens (tertiary/aromatic N) is 1. The van der Waals surface area contributed by atoms with E-state index in [1.165, 1.54) is 10.4 Å². The molecule has 1 heterocycles. The average Bonchev–Trinajstić information content (AvgIpc) is 2.47. The van der Waals surface area contributed by atoms with E-state index in [-0.39, 0.29) is 0 Å². The summed E-state index contributed by atoms with van der Waals surface area (Å²) in [5.74, 6) is 0.485. The number of aliphatic imine (C=N–C) groups is 1. The Balaban J connectivity index is 2.43. The van der Waals surface area contributed by atoms with Crippen LogP contribution in [0.5, 0.6) is 0 Å². The van der Waals surface area contributed by atoms with Gasteiger partial charge < -0.3 is 11.1 Å². The first-order valence-electron chi connectivity index (χ1n) is 3.72. The fourth-order valence-electron chi connectivity index (χ4n) is 0.862. The van der Waals surface area contributed by atoms with Crippen LogP contribution < -0.4 is 11.1 Å². The molecule has 0 bridgehead atoms. The highest BCUT2D eigenvalue weighted by Gasteiger charge is 1.95. The molecule has 0 spiro atoms. The molecule has 3 nitrogen and oxygen atoms in total. The van der Waals surface area contributed by atoms with Crippen molar-refractivity contribution in [3.05, 3.63) is 21.9 Å². The number of hydrogen-bond acceptors (Lipinski definition) is 2. The number of guanidine groups is 1. The van der Waals surface area contributed by atoms with E-state index in [1.54, 1.807) is 18.4 Å². The van der Waals surface area contributed by atoms with Crippen LogP contribution in [-0.4, -0.2) is 13.0 Å². The van der Waals surface area contributed by atoms with E-state index in [9.17, 15) is 0 Å². The quantitative estimate of drug-likeness (QED) is 0.532. The summed E-state index contributed by atoms with van der Waals surface area (Å²) in [6.07, 6.45) is 0. The van der Waals surface area contributed by atoms with Gasteiger partial charge in [-0.3, -0.25) is 4.99 Å². The van der Waals surface area contributed by atoms with Gasteiger partial charge in [0.15, 0.2) is 5.96 Å². The van der Waals surface area contributed by atoms with Gasteiger partial charge >= 0.3 is 0 Å². The third-order valence-electron chi connectivity index (χ3n) is 1.50. The topological polar surface area (TPSA) is 50.4 Å². The first-order chi connectivity index (χ1) is 5.72. The molecule has 0 saturated heterocycles. The fraction of sp³-hybridized carbons (Fsp3) is 0.375. The molecule has 0 fully saturated rings. The molecule has 1 aromatic rings. The average molecular weight is 183 g/mol. The number of rotatable bonds is 2. The molecule has 0 atom stereocenters. The van der Waals surface area contributed by atoms with Crippen LogP contribution in [0.2, 0.25) is 0 Å². The number of hydrogen-bond donors (Lipinski definition) is 2. The first-order valence-corrected chi connectivity index (χ1v) is 4.60. The zero-order valence-corrected chi connectivity index (χ0v) is 8.11. The van der Waals surface area contributed by atoms with Crippen LogP contribution >= 0.6 is 11.3 Å². The molecule has 0 saturated carbocycles. The van der Waals surface area contributed by atoms with Crippen LogP contribution in [0.25, 0.3) is 0 Å². The molecule has 0 aliphatic heterocycles. The summed E-state index contributed by atoms with van der Waals surface area (Å²) in [5, 5.41) is 5.11. The monoisotopic (exact) mass is 183 g/mol. The van der Waals surface area contributed by atoms with Gasteiger partial charge in [-0.05, 0) is 23.9 Å². The lowest BCUT2D eigenvalue weighted by Crippen LogP contribution is -2.30. The summed E-state index contributed by atoms with van der Waals surface area (Å²) in [6.45, 7) is 2.85. The zero-order chi connectivity index (χ0) is 8.97. The number of nitrogens with two attached hydrogens (primary N) is 1. The van der Waals surface area contributed by atoms with Crippen molar-refractivity contribution < 1.29 is 0 Å². The minimum absolute atomic E-state index is 0.485. The van der Waals surface area contributed by atoms with Crippen LogP contribution in [0.4, 0.5) is 0 Å². The Morgan fingerprint density at radius 3 is 3.00 bits per heavy atom. The minimum Gasteiger partial charge on any atom is -0.370 e. The van der Waals surface area contributed by atoms with Gasteiger partial charge in [0.2, 0.25) is 0 Å². The van der Waals surface area contributed by atoms with Crippen LogP contribution in [0.15, 0.2) is 16.4 Å². The van der Waals surface area contributed by atoms with Crippen molar-refractivity contribution in [1.29, 1.82) is 0 Å². The molecule has 66 valence electrons. The van der Waals surface area contributed by atoms with E-state index in [1.807, 2.05) is 0 Å². The van der Waals surface area contributed by atoms with Gasteiger partial charge in [-0.15, -0.1) is 11.3 Å². The second kappa shape index (κ2) is 4.11. The molecule has 0 aliphatic rings. The highest BCUT2D eigenvalue weighted by atomic mass is 32.1. The Morgan fingerprint density at radius 1 is 1.75 bits per heavy atom. The zero-order valence-electron chi connectivity index (χ0n) is 7.29. The summed E-state index contributed by atoms with van der Waals surface area (Å²) in [5.41, 5.74) is 6.72. The maximum Gasteiger partial charge on any atom is 0.188 e. The number of nitrogens with one attached hydrogen (secondary N) is 1. The van der Waals surface area contributed by atoms with Gasteiger partial charge in [0.25, 0.3) is 0 Å². The normalized spacial score (nSPS) is 11.7. The molecule has 0 unspecified atom stereocenters. The molecule has 0 aliphatic carbocycles. The Morgan fingerprint density at radius 2 is 2.50 bits per heavy atom. The van der Waals surface area contributed by atoms with Gasteiger partial charge in [-0.25, -0.2) is 0 Å². The Kier molecular flexibility index (Phi) is 3.10. The summed E-state index contributed by atoms with van der Waals surface area (Å²) in [4.78, 5) is 5.12. The van der Waals surface area contributed by atoms with Crippen molar-refractivity contribution >= 4 is 17.3 Å². The SMILES string of the molecule is CN=C(N)NCc1csc(C)c1. The van der Waals surface area contributed by atoms with Crippen LogP contribution in [-0.2, 0) is 6.54 Å². The van der Waals surface area contributed by atoms with Crippen molar-refractivity contribution in [3.8, 4) is 0 Å². The molecular formula is C8H13N3S. The molecule has 1 aromatic heterocycles. The summed E-state index contributed by atoms with van der Waals surface area (Å²) >= 11 is 1.74. The van der Waals surface area contributed by atoms with Gasteiger partial charge in [0, 0.05) is 18.5 Å². The second-order valence-corrected chi connectivity index (χ2v) is 3.64. The van der Waals surface area contributed by atoms with E-state index >= 15 is 0 Å². The van der Waals surface area contributed by atoms with E-state index in [4.69, 9.17) is 5.73 Å². The Labute approximate surface area is 76.3 Å². The first kappa shape index (κ1) is 9.06. The van der Waals surface area contributed by atoms with Crippen molar-refractivity contribution in [2.75, 3.05) is 7.05 Å². The third-order valence-corrected chi connectivity index (χ3v) is 2.41. The molecule has 0 radical (unpaired) electrons. The third kappa shape index (κ3) is 2.54. The lowest BCUT2D eigenvalue weighted by Gasteiger charge is -2.01. The predicted octanol–water partition coefficient (Wildman–Crippen LogP) is 1.09. The largest absolute Gasteiger partial charge is 0.370 e. The highest BCUT2D eigenvalue weighted by molar-refractivity contribution is 7.10. The van der Waals surface area contributed by atoms with Crippen molar-refractivity contribution in [2.45, 2.75) is 13.5 Å². The second-order valence-electron chi connectivity index (χ2n) is 2.53. The van der Waals surface area contributed by atoms with Crippen LogP contribution in [0.1, 0.15) is 10.4 Å². The lowest BCUT2D eigenvalue weighted by molar-refractivity contribution is 0.904. The van der Waals surface area contributed by atoms with Gasteiger partial charge in [-0.1, -0.05) is 0 Å². The van der Waals surface area contributed by atoms with E-state index in [2.05, 4.69) is 28.7 Å². The van der Waals surface area contributed by atoms with Crippen molar-refractivity contribution in [1.82, 2.24) is 5.32 Å². The maximum atomic E-state index is 5.47. The molecule has 12 heavy (non-hydrogen) atoms. The standard InChI is InChI=1S/C8H13N3S/c1-6-3-7(5-12-6)4-11-8(9)10-2/h3,5H,4H2,1-2H3,(H3,9,10,11). The Bertz CT molecular complexity index is 278. The van der Waals surface area contributed by atoms with E-state index < -0.39 is 0 Å². The van der Waals surface area contributed by atoms with Crippen molar-refractivity contribution in [2.24, 2.45) is 10.7 Å². The molecular weight excluding hydrogens is 170 g/mol. The highest BCUT2D eigenvalue weighted by Crippen LogP contribution is 2.12. The smallest absolute Gasteiger partial charge is 0.188 e. The van der Waals surface area contributed by atoms with Crippen LogP contribution in [0.3, 0.4) is 0 Å². The Hall–Kier alpha value is -1.03. The fourth-order valence-corrected chi connectivity index (χ4v) is 1.57. The molecule has 1 rings (SSSR count). The molecule has 3 N–H and O–H groups in total. The summed E-state index contributed by atoms with van der Waals surface area (Å²) < 4.78 is 0. The maximum absolute atomic E-state index is 5.47. The van der Waals surface area contributed by atoms with Crippen LogP contribution in [0, 0.1) is 6.92 Å². The molecule has 4 heteroatoms. The molecule has 0 aromatic carbocycles. The van der Waals surface area contributed by atoms with Gasteiger partial charge in [-0.2, -0.15) is 0 Å². The lowest BCUT2D eigenvalue weighted by atomic mass is 10.3. The minimum atomic E-state index is 0.485. The van der Waals surface area contributed by atoms with Crippen molar-refractivity contribution in [3.63, 3.8) is 0 Å². The number of aryl methyl sites for hydroxylation is 1. The number of thiophene rings is 1. The predicted molar refractivity (Wildman–Crippen MR) is 53.4 cm³/mol.